The topological polar surface area (TPSA) is 91.8 Å². The molecule has 130 valence electrons. The summed E-state index contributed by atoms with van der Waals surface area (Å²) in [6.45, 7) is 4.31. The minimum atomic E-state index is -4.44. The van der Waals surface area contributed by atoms with Crippen LogP contribution in [0.2, 0.25) is 0 Å². The maximum atomic E-state index is 12.4. The van der Waals surface area contributed by atoms with Gasteiger partial charge in [0.25, 0.3) is 21.8 Å². The lowest BCUT2D eigenvalue weighted by atomic mass is 9.97. The maximum Gasteiger partial charge on any atom is 0.299 e. The van der Waals surface area contributed by atoms with Crippen LogP contribution in [-0.4, -0.2) is 24.7 Å². The third-order valence-electron chi connectivity index (χ3n) is 4.25. The molecule has 7 heteroatoms. The number of carbonyl (C=O) groups is 2. The Balaban J connectivity index is 2.04. The summed E-state index contributed by atoms with van der Waals surface area (Å²) < 4.78 is 31.7. The summed E-state index contributed by atoms with van der Waals surface area (Å²) in [4.78, 5) is 25.5. The molecule has 1 heterocycles. The number of hydrogen-bond donors (Lipinski definition) is 1. The van der Waals surface area contributed by atoms with E-state index in [4.69, 9.17) is 4.55 Å². The van der Waals surface area contributed by atoms with Crippen molar-refractivity contribution in [2.45, 2.75) is 31.2 Å². The van der Waals surface area contributed by atoms with Gasteiger partial charge in [-0.05, 0) is 35.2 Å². The first-order valence-corrected chi connectivity index (χ1v) is 9.19. The Bertz CT molecular complexity index is 979. The Kier molecular flexibility index (Phi) is 4.22. The Morgan fingerprint density at radius 2 is 1.76 bits per heavy atom. The second kappa shape index (κ2) is 6.09. The second-order valence-electron chi connectivity index (χ2n) is 6.23. The number of amides is 1. The molecule has 25 heavy (non-hydrogen) atoms. The quantitative estimate of drug-likeness (QED) is 0.669. The van der Waals surface area contributed by atoms with Crippen LogP contribution in [0.5, 0.6) is 0 Å². The first-order valence-electron chi connectivity index (χ1n) is 7.75. The van der Waals surface area contributed by atoms with Crippen LogP contribution in [0.1, 0.15) is 41.3 Å². The van der Waals surface area contributed by atoms with Gasteiger partial charge < -0.3 is 4.90 Å². The molecule has 1 N–H and O–H groups in total. The van der Waals surface area contributed by atoms with Crippen LogP contribution < -0.4 is 4.90 Å². The van der Waals surface area contributed by atoms with Crippen LogP contribution in [-0.2, 0) is 21.5 Å². The first kappa shape index (κ1) is 17.3. The van der Waals surface area contributed by atoms with Gasteiger partial charge in [-0.25, -0.2) is 0 Å². The Morgan fingerprint density at radius 1 is 1.08 bits per heavy atom. The monoisotopic (exact) mass is 359 g/mol. The van der Waals surface area contributed by atoms with Crippen LogP contribution in [0.3, 0.4) is 0 Å². The molecular formula is C18H17NO5S. The highest BCUT2D eigenvalue weighted by atomic mass is 32.2. The van der Waals surface area contributed by atoms with E-state index in [1.165, 1.54) is 17.0 Å². The third-order valence-corrected chi connectivity index (χ3v) is 5.10. The average molecular weight is 359 g/mol. The standard InChI is InChI=1S/C18H17NO5S/c1-11(2)14-6-4-3-5-12(14)10-19-16-8-7-13(25(22,23)24)9-15(16)17(20)18(19)21/h3-9,11H,10H2,1-2H3,(H,22,23,24). The van der Waals surface area contributed by atoms with Crippen molar-refractivity contribution >= 4 is 27.5 Å². The molecule has 0 spiro atoms. The zero-order chi connectivity index (χ0) is 18.4. The van der Waals surface area contributed by atoms with Crippen molar-refractivity contribution in [3.63, 3.8) is 0 Å². The fraction of sp³-hybridized carbons (Fsp3) is 0.222. The molecule has 0 bridgehead atoms. The summed E-state index contributed by atoms with van der Waals surface area (Å²) in [6, 6.07) is 11.3. The largest absolute Gasteiger partial charge is 0.300 e. The van der Waals surface area contributed by atoms with Gasteiger partial charge in [-0.3, -0.25) is 14.1 Å². The highest BCUT2D eigenvalue weighted by molar-refractivity contribution is 7.85. The number of ketones is 1. The molecule has 6 nitrogen and oxygen atoms in total. The minimum Gasteiger partial charge on any atom is -0.300 e. The van der Waals surface area contributed by atoms with Crippen molar-refractivity contribution in [2.24, 2.45) is 0 Å². The SMILES string of the molecule is CC(C)c1ccccc1CN1C(=O)C(=O)c2cc(S(=O)(=O)O)ccc21. The Morgan fingerprint density at radius 3 is 2.40 bits per heavy atom. The van der Waals surface area contributed by atoms with Gasteiger partial charge >= 0.3 is 0 Å². The molecule has 2 aromatic carbocycles. The van der Waals surface area contributed by atoms with Crippen LogP contribution in [0.25, 0.3) is 0 Å². The molecule has 0 aromatic heterocycles. The van der Waals surface area contributed by atoms with E-state index in [0.29, 0.717) is 5.69 Å². The smallest absolute Gasteiger partial charge is 0.299 e. The van der Waals surface area contributed by atoms with Gasteiger partial charge in [0.2, 0.25) is 0 Å². The van der Waals surface area contributed by atoms with Crippen LogP contribution in [0.4, 0.5) is 5.69 Å². The van der Waals surface area contributed by atoms with E-state index in [9.17, 15) is 18.0 Å². The van der Waals surface area contributed by atoms with Gasteiger partial charge in [-0.1, -0.05) is 38.1 Å². The number of rotatable bonds is 4. The number of nitrogens with zero attached hydrogens (tertiary/aromatic N) is 1. The number of fused-ring (bicyclic) bond motifs is 1. The van der Waals surface area contributed by atoms with E-state index in [2.05, 4.69) is 0 Å². The van der Waals surface area contributed by atoms with E-state index in [0.717, 1.165) is 17.2 Å². The summed E-state index contributed by atoms with van der Waals surface area (Å²) in [5.74, 6) is -1.23. The Labute approximate surface area is 145 Å². The van der Waals surface area contributed by atoms with Crippen LogP contribution in [0.15, 0.2) is 47.4 Å². The molecule has 1 aliphatic heterocycles. The normalized spacial score (nSPS) is 14.3. The number of carbonyl (C=O) groups excluding carboxylic acids is 2. The average Bonchev–Trinajstić information content (AvgIpc) is 2.79. The summed E-state index contributed by atoms with van der Waals surface area (Å²) in [6.07, 6.45) is 0. The van der Waals surface area contributed by atoms with Crippen LogP contribution >= 0.6 is 0 Å². The summed E-state index contributed by atoms with van der Waals surface area (Å²) in [5, 5.41) is 0. The molecule has 2 aromatic rings. The second-order valence-corrected chi connectivity index (χ2v) is 7.65. The van der Waals surface area contributed by atoms with Crippen molar-refractivity contribution in [2.75, 3.05) is 4.90 Å². The molecule has 0 unspecified atom stereocenters. The fourth-order valence-electron chi connectivity index (χ4n) is 3.01. The summed E-state index contributed by atoms with van der Waals surface area (Å²) in [7, 11) is -4.44. The highest BCUT2D eigenvalue weighted by Crippen LogP contribution is 2.33. The van der Waals surface area contributed by atoms with Crippen molar-refractivity contribution in [3.8, 4) is 0 Å². The van der Waals surface area contributed by atoms with Gasteiger partial charge in [0, 0.05) is 0 Å². The van der Waals surface area contributed by atoms with E-state index >= 15 is 0 Å². The molecule has 0 atom stereocenters. The number of hydrogen-bond acceptors (Lipinski definition) is 4. The third kappa shape index (κ3) is 3.08. The fourth-order valence-corrected chi connectivity index (χ4v) is 3.52. The molecule has 0 saturated carbocycles. The number of anilines is 1. The van der Waals surface area contributed by atoms with E-state index in [-0.39, 0.29) is 18.0 Å². The predicted molar refractivity (Wildman–Crippen MR) is 92.3 cm³/mol. The lowest BCUT2D eigenvalue weighted by Crippen LogP contribution is -2.29. The maximum absolute atomic E-state index is 12.4. The zero-order valence-electron chi connectivity index (χ0n) is 13.8. The van der Waals surface area contributed by atoms with Gasteiger partial charge in [0.05, 0.1) is 22.7 Å². The van der Waals surface area contributed by atoms with Gasteiger partial charge in [-0.15, -0.1) is 0 Å². The molecule has 1 aliphatic rings. The zero-order valence-corrected chi connectivity index (χ0v) is 14.6. The lowest BCUT2D eigenvalue weighted by Gasteiger charge is -2.20. The van der Waals surface area contributed by atoms with Crippen molar-refractivity contribution < 1.29 is 22.6 Å². The van der Waals surface area contributed by atoms with Crippen molar-refractivity contribution in [1.29, 1.82) is 0 Å². The molecule has 3 rings (SSSR count). The predicted octanol–water partition coefficient (Wildman–Crippen LogP) is 2.79. The summed E-state index contributed by atoms with van der Waals surface area (Å²) >= 11 is 0. The number of benzene rings is 2. The molecule has 0 radical (unpaired) electrons. The molecule has 0 saturated heterocycles. The highest BCUT2D eigenvalue weighted by Gasteiger charge is 2.37. The lowest BCUT2D eigenvalue weighted by molar-refractivity contribution is -0.114. The first-order chi connectivity index (χ1) is 11.7. The molecule has 1 amide bonds. The Hall–Kier alpha value is -2.51. The minimum absolute atomic E-state index is 0.0119. The van der Waals surface area contributed by atoms with E-state index in [1.54, 1.807) is 0 Å². The van der Waals surface area contributed by atoms with E-state index in [1.807, 2.05) is 38.1 Å². The number of Topliss-reactive ketones (excluding diaryl/α,β-unsaturated/α-hetero) is 1. The molecular weight excluding hydrogens is 342 g/mol. The summed E-state index contributed by atoms with van der Waals surface area (Å²) in [5.41, 5.74) is 2.33. The molecule has 0 fully saturated rings. The van der Waals surface area contributed by atoms with Crippen molar-refractivity contribution in [3.05, 3.63) is 59.2 Å². The van der Waals surface area contributed by atoms with Gasteiger partial charge in [-0.2, -0.15) is 8.42 Å². The van der Waals surface area contributed by atoms with E-state index < -0.39 is 26.7 Å². The van der Waals surface area contributed by atoms with Crippen LogP contribution in [0, 0.1) is 0 Å². The molecule has 0 aliphatic carbocycles. The van der Waals surface area contributed by atoms with Gasteiger partial charge in [0.15, 0.2) is 0 Å². The van der Waals surface area contributed by atoms with Crippen molar-refractivity contribution in [1.82, 2.24) is 0 Å². The van der Waals surface area contributed by atoms with Gasteiger partial charge in [0.1, 0.15) is 0 Å².